The maximum atomic E-state index is 9.77. The Morgan fingerprint density at radius 3 is 2.57 bits per heavy atom. The number of benzene rings is 1. The van der Waals surface area contributed by atoms with Gasteiger partial charge >= 0.3 is 0 Å². The van der Waals surface area contributed by atoms with Crippen molar-refractivity contribution in [2.75, 3.05) is 17.7 Å². The Labute approximate surface area is 174 Å². The zero-order chi connectivity index (χ0) is 20.1. The van der Waals surface area contributed by atoms with Crippen LogP contribution < -0.4 is 11.1 Å². The Bertz CT molecular complexity index is 900. The molecular formula is C20H27N5OS2. The molecule has 2 heterocycles. The number of hydrogen-bond acceptors (Lipinski definition) is 8. The molecule has 150 valence electrons. The summed E-state index contributed by atoms with van der Waals surface area (Å²) in [4.78, 5) is 13.8. The molecule has 28 heavy (non-hydrogen) atoms. The predicted octanol–water partition coefficient (Wildman–Crippen LogP) is 4.73. The van der Waals surface area contributed by atoms with Gasteiger partial charge in [0.15, 0.2) is 21.8 Å². The fourth-order valence-electron chi connectivity index (χ4n) is 3.09. The van der Waals surface area contributed by atoms with E-state index in [-0.39, 0.29) is 17.9 Å². The minimum Gasteiger partial charge on any atom is -0.394 e. The molecule has 0 radical (unpaired) electrons. The van der Waals surface area contributed by atoms with Gasteiger partial charge in [0.05, 0.1) is 12.6 Å². The van der Waals surface area contributed by atoms with Crippen molar-refractivity contribution < 1.29 is 5.11 Å². The molecule has 2 aromatic heterocycles. The van der Waals surface area contributed by atoms with Crippen LogP contribution in [0.15, 0.2) is 35.5 Å². The number of nitrogens with two attached hydrogens (primary N) is 1. The third-order valence-electron chi connectivity index (χ3n) is 4.36. The van der Waals surface area contributed by atoms with Crippen LogP contribution in [0.1, 0.15) is 44.4 Å². The van der Waals surface area contributed by atoms with Crippen LogP contribution in [0.3, 0.4) is 0 Å². The number of nitrogens with one attached hydrogen (secondary N) is 1. The second-order valence-corrected chi connectivity index (χ2v) is 9.34. The monoisotopic (exact) mass is 417 g/mol. The highest BCUT2D eigenvalue weighted by Crippen LogP contribution is 2.38. The summed E-state index contributed by atoms with van der Waals surface area (Å²) >= 11 is 3.00. The van der Waals surface area contributed by atoms with Crippen LogP contribution in [0.5, 0.6) is 0 Å². The molecule has 8 heteroatoms. The van der Waals surface area contributed by atoms with Gasteiger partial charge in [-0.15, -0.1) is 0 Å². The highest BCUT2D eigenvalue weighted by Gasteiger charge is 2.19. The van der Waals surface area contributed by atoms with Crippen molar-refractivity contribution in [2.24, 2.45) is 5.92 Å². The first-order valence-corrected chi connectivity index (χ1v) is 11.2. The maximum absolute atomic E-state index is 9.77. The van der Waals surface area contributed by atoms with Gasteiger partial charge in [0.2, 0.25) is 0 Å². The van der Waals surface area contributed by atoms with Gasteiger partial charge in [-0.3, -0.25) is 0 Å². The lowest BCUT2D eigenvalue weighted by atomic mass is 10.0. The number of fused-ring (bicyclic) bond motifs is 1. The number of thiazole rings is 1. The molecule has 0 aliphatic heterocycles. The SMILES string of the molecule is CCC(Sc1nc(N[C@@H](CO)CC(C)C)c2sc(N)nc2n1)c1ccccc1. The van der Waals surface area contributed by atoms with E-state index in [1.54, 1.807) is 11.8 Å². The van der Waals surface area contributed by atoms with E-state index in [9.17, 15) is 5.11 Å². The molecule has 0 fully saturated rings. The van der Waals surface area contributed by atoms with E-state index in [0.29, 0.717) is 27.7 Å². The van der Waals surface area contributed by atoms with E-state index >= 15 is 0 Å². The summed E-state index contributed by atoms with van der Waals surface area (Å²) in [6, 6.07) is 10.3. The van der Waals surface area contributed by atoms with Gasteiger partial charge in [0.1, 0.15) is 4.70 Å². The first-order valence-electron chi connectivity index (χ1n) is 9.53. The summed E-state index contributed by atoms with van der Waals surface area (Å²) in [6.45, 7) is 6.48. The van der Waals surface area contributed by atoms with Crippen molar-refractivity contribution in [2.45, 2.75) is 50.1 Å². The molecule has 0 spiro atoms. The molecule has 0 saturated heterocycles. The van der Waals surface area contributed by atoms with Crippen LogP contribution in [0.4, 0.5) is 10.9 Å². The van der Waals surface area contributed by atoms with E-state index < -0.39 is 0 Å². The van der Waals surface area contributed by atoms with E-state index in [1.807, 2.05) is 6.07 Å². The van der Waals surface area contributed by atoms with Gasteiger partial charge in [-0.2, -0.15) is 0 Å². The number of aliphatic hydroxyl groups is 1. The molecule has 4 N–H and O–H groups in total. The third-order valence-corrected chi connectivity index (χ3v) is 6.52. The number of aromatic nitrogens is 3. The van der Waals surface area contributed by atoms with Gasteiger partial charge in [0, 0.05) is 5.25 Å². The lowest BCUT2D eigenvalue weighted by molar-refractivity contribution is 0.259. The Morgan fingerprint density at radius 1 is 1.18 bits per heavy atom. The van der Waals surface area contributed by atoms with Crippen molar-refractivity contribution in [3.05, 3.63) is 35.9 Å². The molecule has 2 atom stereocenters. The van der Waals surface area contributed by atoms with E-state index in [0.717, 1.165) is 17.5 Å². The summed E-state index contributed by atoms with van der Waals surface area (Å²) < 4.78 is 0.830. The Kier molecular flexibility index (Phi) is 7.09. The van der Waals surface area contributed by atoms with Gasteiger partial charge in [-0.05, 0) is 24.3 Å². The first-order chi connectivity index (χ1) is 13.5. The molecule has 1 unspecified atom stereocenters. The average molecular weight is 418 g/mol. The molecule has 0 bridgehead atoms. The van der Waals surface area contributed by atoms with Crippen molar-refractivity contribution in [3.8, 4) is 0 Å². The van der Waals surface area contributed by atoms with Crippen LogP contribution >= 0.6 is 23.1 Å². The van der Waals surface area contributed by atoms with Crippen molar-refractivity contribution in [3.63, 3.8) is 0 Å². The van der Waals surface area contributed by atoms with Crippen LogP contribution in [-0.4, -0.2) is 32.7 Å². The van der Waals surface area contributed by atoms with Gasteiger partial charge in [-0.1, -0.05) is 74.2 Å². The standard InChI is InChI=1S/C20H27N5OS2/c1-4-15(13-8-6-5-7-9-13)27-20-24-17(22-14(11-26)10-12(2)3)16-18(25-20)23-19(21)28-16/h5-9,12,14-15,26H,4,10-11H2,1-3H3,(H3,21,22,23,24,25)/t14-,15?/m1/s1. The van der Waals surface area contributed by atoms with Crippen molar-refractivity contribution >= 4 is 44.4 Å². The van der Waals surface area contributed by atoms with Crippen molar-refractivity contribution in [1.29, 1.82) is 0 Å². The number of nitrogen functional groups attached to an aromatic ring is 1. The summed E-state index contributed by atoms with van der Waals surface area (Å²) in [5, 5.41) is 14.5. The van der Waals surface area contributed by atoms with Crippen molar-refractivity contribution in [1.82, 2.24) is 15.0 Å². The number of aliphatic hydroxyl groups excluding tert-OH is 1. The zero-order valence-corrected chi connectivity index (χ0v) is 18.1. The minimum absolute atomic E-state index is 0.0437. The molecule has 0 aliphatic rings. The summed E-state index contributed by atoms with van der Waals surface area (Å²) in [5.41, 5.74) is 7.78. The van der Waals surface area contributed by atoms with E-state index in [4.69, 9.17) is 10.7 Å². The number of nitrogens with zero attached hydrogens (tertiary/aromatic N) is 3. The average Bonchev–Trinajstić information content (AvgIpc) is 3.06. The summed E-state index contributed by atoms with van der Waals surface area (Å²) in [7, 11) is 0. The molecule has 6 nitrogen and oxygen atoms in total. The summed E-state index contributed by atoms with van der Waals surface area (Å²) in [5.74, 6) is 1.16. The summed E-state index contributed by atoms with van der Waals surface area (Å²) in [6.07, 6.45) is 1.81. The van der Waals surface area contributed by atoms with Crippen LogP contribution in [0.2, 0.25) is 0 Å². The molecule has 3 rings (SSSR count). The number of anilines is 2. The lowest BCUT2D eigenvalue weighted by Crippen LogP contribution is -2.26. The lowest BCUT2D eigenvalue weighted by Gasteiger charge is -2.20. The van der Waals surface area contributed by atoms with Crippen LogP contribution in [0.25, 0.3) is 10.3 Å². The van der Waals surface area contributed by atoms with Gasteiger partial charge in [0.25, 0.3) is 0 Å². The molecule has 0 saturated carbocycles. The smallest absolute Gasteiger partial charge is 0.192 e. The normalized spacial score (nSPS) is 13.8. The van der Waals surface area contributed by atoms with Gasteiger partial charge in [-0.25, -0.2) is 15.0 Å². The Balaban J connectivity index is 1.92. The molecule has 1 aromatic carbocycles. The van der Waals surface area contributed by atoms with E-state index in [2.05, 4.69) is 60.3 Å². The largest absolute Gasteiger partial charge is 0.394 e. The number of hydrogen-bond donors (Lipinski definition) is 3. The maximum Gasteiger partial charge on any atom is 0.192 e. The Morgan fingerprint density at radius 2 is 1.93 bits per heavy atom. The van der Waals surface area contributed by atoms with Gasteiger partial charge < -0.3 is 16.2 Å². The highest BCUT2D eigenvalue weighted by atomic mass is 32.2. The number of thioether (sulfide) groups is 1. The quantitative estimate of drug-likeness (QED) is 0.342. The zero-order valence-electron chi connectivity index (χ0n) is 16.4. The fourth-order valence-corrected chi connectivity index (χ4v) is 4.82. The molecular weight excluding hydrogens is 390 g/mol. The highest BCUT2D eigenvalue weighted by molar-refractivity contribution is 7.99. The first kappa shape index (κ1) is 20.8. The number of rotatable bonds is 9. The fraction of sp³-hybridized carbons (Fsp3) is 0.450. The molecule has 3 aromatic rings. The molecule has 0 amide bonds. The van der Waals surface area contributed by atoms with E-state index in [1.165, 1.54) is 16.9 Å². The minimum atomic E-state index is -0.0737. The molecule has 0 aliphatic carbocycles. The topological polar surface area (TPSA) is 97.0 Å². The second-order valence-electron chi connectivity index (χ2n) is 7.14. The predicted molar refractivity (Wildman–Crippen MR) is 119 cm³/mol. The van der Waals surface area contributed by atoms with Crippen LogP contribution in [-0.2, 0) is 0 Å². The second kappa shape index (κ2) is 9.54. The Hall–Kier alpha value is -1.90. The third kappa shape index (κ3) is 5.12. The van der Waals surface area contributed by atoms with Crippen LogP contribution in [0, 0.1) is 5.92 Å².